The number of unbranched alkanes of at least 4 members (excludes halogenated alkanes) is 2. The first-order valence-electron chi connectivity index (χ1n) is 11.5. The van der Waals surface area contributed by atoms with Gasteiger partial charge in [0, 0.05) is 13.6 Å². The van der Waals surface area contributed by atoms with Crippen molar-refractivity contribution in [1.29, 1.82) is 0 Å². The third kappa shape index (κ3) is 8.32. The van der Waals surface area contributed by atoms with Crippen LogP contribution in [-0.2, 0) is 6.18 Å². The van der Waals surface area contributed by atoms with Gasteiger partial charge in [0.25, 0.3) is 5.56 Å². The monoisotopic (exact) mass is 555 g/mol. The van der Waals surface area contributed by atoms with E-state index in [0.29, 0.717) is 18.2 Å². The Kier molecular flexibility index (Phi) is 11.1. The Morgan fingerprint density at radius 3 is 2.31 bits per heavy atom. The van der Waals surface area contributed by atoms with Crippen LogP contribution in [0.1, 0.15) is 47.7 Å². The number of alkyl halides is 3. The second-order valence-electron chi connectivity index (χ2n) is 8.08. The molecule has 0 spiro atoms. The van der Waals surface area contributed by atoms with E-state index >= 15 is 0 Å². The van der Waals surface area contributed by atoms with Gasteiger partial charge < -0.3 is 14.7 Å². The molecule has 0 radical (unpaired) electrons. The molecule has 1 aromatic carbocycles. The standard InChI is InChI=1S/C20H23F2N3O2.C5H3F3N2O2/c1-4-5-6-8-25(2)9-7-14-10-16(18(21)19(22)17(14)13-26)20-23-11-15(27-3)12-24-20;6-5(7,8)3-2(11)1-9-10-4(3)12/h7,9-13H,4-6,8H2,1-3H3;1H,(H2,10,11,12)/b9-7-;. The number of methoxy groups -OCH3 is 1. The van der Waals surface area contributed by atoms with Crippen molar-refractivity contribution < 1.29 is 36.6 Å². The number of carbonyl (C=O) groups is 1. The van der Waals surface area contributed by atoms with Crippen LogP contribution in [0.25, 0.3) is 17.5 Å². The SMILES string of the molecule is CCCCCN(C)/C=C\c1cc(-c2ncc(OC)cn2)c(F)c(F)c1C=O.O=c1[nH]ncc(O)c1C(F)(F)F. The molecule has 210 valence electrons. The molecule has 0 atom stereocenters. The van der Waals surface area contributed by atoms with Crippen LogP contribution in [0, 0.1) is 11.6 Å². The Morgan fingerprint density at radius 2 is 1.79 bits per heavy atom. The Bertz CT molecular complexity index is 1340. The minimum Gasteiger partial charge on any atom is -0.505 e. The highest BCUT2D eigenvalue weighted by atomic mass is 19.4. The minimum atomic E-state index is -4.86. The fraction of sp³-hybridized carbons (Fsp3) is 0.320. The van der Waals surface area contributed by atoms with Crippen LogP contribution in [0.15, 0.2) is 35.7 Å². The number of benzene rings is 1. The number of hydrogen-bond donors (Lipinski definition) is 2. The third-order valence-corrected chi connectivity index (χ3v) is 5.24. The van der Waals surface area contributed by atoms with Gasteiger partial charge in [-0.25, -0.2) is 23.8 Å². The molecule has 0 aliphatic heterocycles. The lowest BCUT2D eigenvalue weighted by Crippen LogP contribution is -2.22. The van der Waals surface area contributed by atoms with Gasteiger partial charge in [-0.3, -0.25) is 9.59 Å². The van der Waals surface area contributed by atoms with Crippen LogP contribution >= 0.6 is 0 Å². The number of halogens is 5. The molecular weight excluding hydrogens is 529 g/mol. The summed E-state index contributed by atoms with van der Waals surface area (Å²) in [7, 11) is 3.34. The normalized spacial score (nSPS) is 11.2. The molecular formula is C25H26F5N5O4. The molecule has 3 aromatic rings. The van der Waals surface area contributed by atoms with Crippen LogP contribution in [0.5, 0.6) is 11.5 Å². The second-order valence-corrected chi connectivity index (χ2v) is 8.08. The third-order valence-electron chi connectivity index (χ3n) is 5.24. The maximum atomic E-state index is 14.4. The van der Waals surface area contributed by atoms with E-state index < -0.39 is 34.7 Å². The Balaban J connectivity index is 0.000000370. The summed E-state index contributed by atoms with van der Waals surface area (Å²) in [6, 6.07) is 1.38. The van der Waals surface area contributed by atoms with Gasteiger partial charge >= 0.3 is 6.18 Å². The summed E-state index contributed by atoms with van der Waals surface area (Å²) in [5, 5.41) is 13.2. The number of nitrogens with zero attached hydrogens (tertiary/aromatic N) is 4. The van der Waals surface area contributed by atoms with E-state index in [2.05, 4.69) is 22.0 Å². The van der Waals surface area contributed by atoms with Crippen LogP contribution in [0.4, 0.5) is 22.0 Å². The summed E-state index contributed by atoms with van der Waals surface area (Å²) < 4.78 is 69.5. The summed E-state index contributed by atoms with van der Waals surface area (Å²) in [5.41, 5.74) is -3.27. The largest absolute Gasteiger partial charge is 0.505 e. The first-order valence-corrected chi connectivity index (χ1v) is 11.5. The number of aldehydes is 1. The molecule has 14 heteroatoms. The van der Waals surface area contributed by atoms with Gasteiger partial charge in [0.1, 0.15) is 0 Å². The zero-order valence-electron chi connectivity index (χ0n) is 21.2. The lowest BCUT2D eigenvalue weighted by atomic mass is 10.0. The topological polar surface area (TPSA) is 121 Å². The number of rotatable bonds is 9. The van der Waals surface area contributed by atoms with Gasteiger partial charge in [0.05, 0.1) is 36.8 Å². The highest BCUT2D eigenvalue weighted by Crippen LogP contribution is 2.31. The number of hydrogen-bond acceptors (Lipinski definition) is 8. The van der Waals surface area contributed by atoms with Gasteiger partial charge in [-0.2, -0.15) is 18.3 Å². The quantitative estimate of drug-likeness (QED) is 0.219. The van der Waals surface area contributed by atoms with Crippen molar-refractivity contribution in [1.82, 2.24) is 25.1 Å². The number of carbonyl (C=O) groups excluding carboxylic acids is 1. The van der Waals surface area contributed by atoms with E-state index in [0.717, 1.165) is 25.8 Å². The highest BCUT2D eigenvalue weighted by molar-refractivity contribution is 5.84. The van der Waals surface area contributed by atoms with Gasteiger partial charge in [0.2, 0.25) is 0 Å². The first-order chi connectivity index (χ1) is 18.4. The van der Waals surface area contributed by atoms with E-state index in [4.69, 9.17) is 9.84 Å². The average Bonchev–Trinajstić information content (AvgIpc) is 2.89. The summed E-state index contributed by atoms with van der Waals surface area (Å²) in [6.45, 7) is 2.95. The predicted molar refractivity (Wildman–Crippen MR) is 132 cm³/mol. The molecule has 0 aliphatic rings. The molecule has 0 amide bonds. The lowest BCUT2D eigenvalue weighted by molar-refractivity contribution is -0.140. The van der Waals surface area contributed by atoms with Crippen LogP contribution < -0.4 is 10.3 Å². The number of aromatic hydroxyl groups is 1. The molecule has 0 saturated heterocycles. The van der Waals surface area contributed by atoms with Crippen molar-refractivity contribution in [2.75, 3.05) is 20.7 Å². The van der Waals surface area contributed by atoms with Crippen molar-refractivity contribution in [2.24, 2.45) is 0 Å². The van der Waals surface area contributed by atoms with Crippen molar-refractivity contribution in [3.05, 3.63) is 69.5 Å². The summed E-state index contributed by atoms with van der Waals surface area (Å²) in [5.74, 6) is -3.13. The smallest absolute Gasteiger partial charge is 0.425 e. The fourth-order valence-electron chi connectivity index (χ4n) is 3.20. The van der Waals surface area contributed by atoms with E-state index in [-0.39, 0.29) is 22.5 Å². The van der Waals surface area contributed by atoms with E-state index in [1.54, 1.807) is 17.4 Å². The van der Waals surface area contributed by atoms with Gasteiger partial charge in [-0.05, 0) is 30.3 Å². The Hall–Kier alpha value is -4.36. The van der Waals surface area contributed by atoms with Crippen LogP contribution in [-0.4, -0.2) is 57.2 Å². The average molecular weight is 556 g/mol. The zero-order valence-corrected chi connectivity index (χ0v) is 21.2. The molecule has 0 fully saturated rings. The van der Waals surface area contributed by atoms with E-state index in [1.165, 1.54) is 25.6 Å². The van der Waals surface area contributed by atoms with Gasteiger partial charge in [0.15, 0.2) is 40.8 Å². The summed E-state index contributed by atoms with van der Waals surface area (Å²) in [4.78, 5) is 31.7. The molecule has 3 rings (SSSR count). The van der Waals surface area contributed by atoms with E-state index in [9.17, 15) is 31.5 Å². The zero-order chi connectivity index (χ0) is 29.2. The first kappa shape index (κ1) is 30.9. The number of aromatic nitrogens is 4. The predicted octanol–water partition coefficient (Wildman–Crippen LogP) is 4.83. The van der Waals surface area contributed by atoms with Crippen molar-refractivity contribution in [3.63, 3.8) is 0 Å². The molecule has 9 nitrogen and oxygen atoms in total. The van der Waals surface area contributed by atoms with Crippen LogP contribution in [0.3, 0.4) is 0 Å². The van der Waals surface area contributed by atoms with Crippen molar-refractivity contribution >= 4 is 12.4 Å². The molecule has 39 heavy (non-hydrogen) atoms. The second kappa shape index (κ2) is 14.0. The molecule has 0 bridgehead atoms. The molecule has 0 unspecified atom stereocenters. The maximum absolute atomic E-state index is 14.4. The summed E-state index contributed by atoms with van der Waals surface area (Å²) in [6.07, 6.45) is 5.29. The Labute approximate surface area is 220 Å². The number of nitrogens with one attached hydrogen (secondary N) is 1. The number of ether oxygens (including phenoxy) is 1. The van der Waals surface area contributed by atoms with Gasteiger partial charge in [-0.15, -0.1) is 0 Å². The molecule has 2 N–H and O–H groups in total. The maximum Gasteiger partial charge on any atom is 0.425 e. The molecule has 0 saturated carbocycles. The van der Waals surface area contributed by atoms with Gasteiger partial charge in [-0.1, -0.05) is 19.8 Å². The van der Waals surface area contributed by atoms with Crippen molar-refractivity contribution in [2.45, 2.75) is 32.4 Å². The highest BCUT2D eigenvalue weighted by Gasteiger charge is 2.37. The molecule has 0 aliphatic carbocycles. The minimum absolute atomic E-state index is 0.00981. The summed E-state index contributed by atoms with van der Waals surface area (Å²) >= 11 is 0. The van der Waals surface area contributed by atoms with Crippen LogP contribution in [0.2, 0.25) is 0 Å². The fourth-order valence-corrected chi connectivity index (χ4v) is 3.20. The Morgan fingerprint density at radius 1 is 1.13 bits per heavy atom. The van der Waals surface area contributed by atoms with E-state index in [1.807, 2.05) is 11.9 Å². The molecule has 2 heterocycles. The number of aromatic amines is 1. The number of H-pyrrole nitrogens is 1. The van der Waals surface area contributed by atoms with Crippen molar-refractivity contribution in [3.8, 4) is 22.9 Å². The lowest BCUT2D eigenvalue weighted by Gasteiger charge is -2.14. The molecule has 2 aromatic heterocycles.